The average molecular weight is 1020 g/mol. The molecule has 408 valence electrons. The van der Waals surface area contributed by atoms with Gasteiger partial charge in [-0.1, -0.05) is 27.7 Å². The minimum Gasteiger partial charge on any atom is -0.394 e. The van der Waals surface area contributed by atoms with Crippen LogP contribution in [0.5, 0.6) is 0 Å². The highest BCUT2D eigenvalue weighted by atomic mass is 16.8. The van der Waals surface area contributed by atoms with Crippen LogP contribution >= 0.6 is 0 Å². The van der Waals surface area contributed by atoms with Crippen molar-refractivity contribution in [2.75, 3.05) is 19.8 Å². The molecule has 6 saturated heterocycles. The van der Waals surface area contributed by atoms with Gasteiger partial charge in [0.2, 0.25) is 0 Å². The summed E-state index contributed by atoms with van der Waals surface area (Å²) in [7, 11) is 0. The lowest BCUT2D eigenvalue weighted by Crippen LogP contribution is -2.65. The second kappa shape index (κ2) is 20.2. The second-order valence-corrected chi connectivity index (χ2v) is 23.9. The predicted octanol–water partition coefficient (Wildman–Crippen LogP) is -1.24. The Labute approximate surface area is 414 Å². The summed E-state index contributed by atoms with van der Waals surface area (Å²) < 4.78 is 62.8. The van der Waals surface area contributed by atoms with Crippen LogP contribution in [0, 0.1) is 52.3 Å². The quantitative estimate of drug-likeness (QED) is 0.120. The van der Waals surface area contributed by atoms with Gasteiger partial charge in [-0.15, -0.1) is 0 Å². The highest BCUT2D eigenvalue weighted by Gasteiger charge is 2.70. The van der Waals surface area contributed by atoms with E-state index in [-0.39, 0.29) is 35.7 Å². The van der Waals surface area contributed by atoms with Crippen molar-refractivity contribution in [3.05, 3.63) is 0 Å². The van der Waals surface area contributed by atoms with Crippen LogP contribution in [0.1, 0.15) is 99.3 Å². The number of hydrogen-bond acceptors (Lipinski definition) is 21. The van der Waals surface area contributed by atoms with Crippen molar-refractivity contribution < 1.29 is 104 Å². The molecule has 21 nitrogen and oxygen atoms in total. The molecule has 0 aromatic carbocycles. The third-order valence-corrected chi connectivity index (χ3v) is 20.0. The van der Waals surface area contributed by atoms with Gasteiger partial charge < -0.3 is 104 Å². The van der Waals surface area contributed by atoms with Gasteiger partial charge in [0.15, 0.2) is 30.9 Å². The summed E-state index contributed by atoms with van der Waals surface area (Å²) in [6, 6.07) is 0. The number of hydrogen-bond donors (Lipinski definition) is 11. The van der Waals surface area contributed by atoms with E-state index in [1.807, 2.05) is 0 Å². The average Bonchev–Trinajstić information content (AvgIpc) is 3.79. The van der Waals surface area contributed by atoms with Crippen molar-refractivity contribution in [3.63, 3.8) is 0 Å². The molecule has 4 aliphatic carbocycles. The molecule has 0 amide bonds. The lowest BCUT2D eigenvalue weighted by Gasteiger charge is -2.63. The van der Waals surface area contributed by atoms with Gasteiger partial charge in [-0.3, -0.25) is 0 Å². The maximum Gasteiger partial charge on any atom is 0.187 e. The molecule has 0 bridgehead atoms. The number of fused-ring (bicyclic) bond motifs is 7. The number of aliphatic hydroxyl groups is 11. The summed E-state index contributed by atoms with van der Waals surface area (Å²) >= 11 is 0. The van der Waals surface area contributed by atoms with Gasteiger partial charge in [-0.2, -0.15) is 0 Å². The molecule has 0 aromatic heterocycles. The topological polar surface area (TPSA) is 315 Å². The minimum atomic E-state index is -1.77. The van der Waals surface area contributed by atoms with E-state index < -0.39 is 153 Å². The molecule has 11 N–H and O–H groups in total. The summed E-state index contributed by atoms with van der Waals surface area (Å²) in [6.45, 7) is 12.0. The monoisotopic (exact) mass is 1020 g/mol. The fourth-order valence-electron chi connectivity index (χ4n) is 15.8. The van der Waals surface area contributed by atoms with Crippen molar-refractivity contribution in [1.82, 2.24) is 0 Å². The molecular weight excluding hydrogens is 937 g/mol. The zero-order valence-corrected chi connectivity index (χ0v) is 41.7. The maximum atomic E-state index is 12.0. The first-order valence-corrected chi connectivity index (χ1v) is 26.5. The predicted molar refractivity (Wildman–Crippen MR) is 241 cm³/mol. The van der Waals surface area contributed by atoms with Crippen molar-refractivity contribution in [2.45, 2.75) is 240 Å². The van der Waals surface area contributed by atoms with Crippen molar-refractivity contribution >= 4 is 0 Å². The molecule has 10 fully saturated rings. The van der Waals surface area contributed by atoms with Crippen LogP contribution in [0.3, 0.4) is 0 Å². The third kappa shape index (κ3) is 9.00. The summed E-state index contributed by atoms with van der Waals surface area (Å²) in [5.74, 6) is 1.51. The molecule has 32 atom stereocenters. The van der Waals surface area contributed by atoms with E-state index in [1.165, 1.54) is 6.92 Å². The fourth-order valence-corrected chi connectivity index (χ4v) is 15.8. The van der Waals surface area contributed by atoms with Crippen LogP contribution < -0.4 is 0 Å². The molecule has 21 heteroatoms. The zero-order valence-electron chi connectivity index (χ0n) is 41.7. The van der Waals surface area contributed by atoms with E-state index in [9.17, 15) is 56.2 Å². The lowest BCUT2D eigenvalue weighted by molar-refractivity contribution is -0.379. The molecule has 0 radical (unpaired) electrons. The van der Waals surface area contributed by atoms with E-state index >= 15 is 0 Å². The molecule has 0 aromatic rings. The summed E-state index contributed by atoms with van der Waals surface area (Å²) in [6.07, 6.45) is -21.9. The summed E-state index contributed by atoms with van der Waals surface area (Å²) in [5.41, 5.74) is -0.465. The third-order valence-electron chi connectivity index (χ3n) is 20.0. The van der Waals surface area contributed by atoms with Crippen LogP contribution in [0.2, 0.25) is 0 Å². The van der Waals surface area contributed by atoms with E-state index in [0.717, 1.165) is 44.9 Å². The first-order valence-electron chi connectivity index (χ1n) is 26.5. The first kappa shape index (κ1) is 53.6. The second-order valence-electron chi connectivity index (χ2n) is 23.9. The Morgan fingerprint density at radius 3 is 1.92 bits per heavy atom. The van der Waals surface area contributed by atoms with Gasteiger partial charge in [-0.05, 0) is 105 Å². The minimum absolute atomic E-state index is 0.00989. The molecule has 6 aliphatic heterocycles. The van der Waals surface area contributed by atoms with Gasteiger partial charge in [0, 0.05) is 18.8 Å². The van der Waals surface area contributed by atoms with Crippen LogP contribution in [0.4, 0.5) is 0 Å². The Kier molecular flexibility index (Phi) is 15.2. The van der Waals surface area contributed by atoms with Crippen molar-refractivity contribution in [2.24, 2.45) is 52.3 Å². The largest absolute Gasteiger partial charge is 0.394 e. The van der Waals surface area contributed by atoms with Crippen LogP contribution in [-0.4, -0.2) is 217 Å². The van der Waals surface area contributed by atoms with Crippen LogP contribution in [-0.2, 0) is 47.4 Å². The van der Waals surface area contributed by atoms with Gasteiger partial charge >= 0.3 is 0 Å². The van der Waals surface area contributed by atoms with Gasteiger partial charge in [0.25, 0.3) is 0 Å². The Morgan fingerprint density at radius 2 is 1.23 bits per heavy atom. The number of rotatable bonds is 9. The molecule has 0 unspecified atom stereocenters. The van der Waals surface area contributed by atoms with Gasteiger partial charge in [-0.25, -0.2) is 0 Å². The molecule has 6 heterocycles. The van der Waals surface area contributed by atoms with Gasteiger partial charge in [0.05, 0.1) is 50.3 Å². The zero-order chi connectivity index (χ0) is 50.8. The van der Waals surface area contributed by atoms with E-state index in [4.69, 9.17) is 47.4 Å². The van der Waals surface area contributed by atoms with Crippen molar-refractivity contribution in [1.29, 1.82) is 0 Å². The Balaban J connectivity index is 0.881. The van der Waals surface area contributed by atoms with E-state index in [1.54, 1.807) is 6.92 Å². The standard InChI is InChI=1S/C50H82O21/c1-19-9-12-50(63-17-19)20(2)32-29(71-50)15-27-25-8-7-23-13-24(14-31(49(23,6)26(25)10-11-48(27,32)5)68-45-40(60)38(58)36(56)30(16-51)67-45)66-46-41(61)42(34(54)22(4)65-46)69-47-43(35(55)28(52)18-62-47)70-44-39(59)37(57)33(53)21(3)64-44/h19-47,51-61H,7-18H2,1-6H3/t19-,20-,21-,22-,23+,24+,25+,26-,27-,28+,29+,30+,31+,32-,33+,34+,35+,36+,37+,38-,39+,40+,41+,42+,43+,44+,45-,46+,47+,48-,49-,50+/m0/s1. The number of aliphatic hydroxyl groups excluding tert-OH is 11. The van der Waals surface area contributed by atoms with Crippen molar-refractivity contribution in [3.8, 4) is 0 Å². The Hall–Kier alpha value is -0.840. The van der Waals surface area contributed by atoms with E-state index in [0.29, 0.717) is 36.7 Å². The first-order chi connectivity index (χ1) is 33.6. The molecule has 71 heavy (non-hydrogen) atoms. The molecular formula is C50H82O21. The Morgan fingerprint density at radius 1 is 0.563 bits per heavy atom. The molecule has 1 spiro atoms. The summed E-state index contributed by atoms with van der Waals surface area (Å²) in [5, 5.41) is 120. The fraction of sp³-hybridized carbons (Fsp3) is 1.00. The van der Waals surface area contributed by atoms with Crippen LogP contribution in [0.25, 0.3) is 0 Å². The van der Waals surface area contributed by atoms with E-state index in [2.05, 4.69) is 27.7 Å². The normalized spacial score (nSPS) is 59.5. The lowest BCUT2D eigenvalue weighted by atomic mass is 9.43. The highest BCUT2D eigenvalue weighted by molar-refractivity contribution is 5.17. The molecule has 10 rings (SSSR count). The smallest absolute Gasteiger partial charge is 0.187 e. The Bertz CT molecular complexity index is 1830. The maximum absolute atomic E-state index is 12.0. The van der Waals surface area contributed by atoms with Gasteiger partial charge in [0.1, 0.15) is 79.4 Å². The SMILES string of the molecule is C[C@H]1CC[C@@]2(OC1)O[C@@H]1C[C@H]3[C@@H]4CC[C@@H]5C[C@@H](O[C@H]6O[C@@H](C)[C@@H](O)[C@@H](O[C@H]7OC[C@@H](O)[C@@H](O)[C@H]7O[C@H]7O[C@@H](C)[C@@H](O)[C@@H](O)[C@H]7O)[C@H]6O)C[C@@H](O[C@@H]6O[C@H](CO)[C@@H](O)[C@H](O)[C@H]6O)[C@]5(C)[C@H]4CC[C@]3(C)[C@H]1[C@@H]2C. The number of ether oxygens (including phenoxy) is 10. The van der Waals surface area contributed by atoms with Crippen LogP contribution in [0.15, 0.2) is 0 Å². The summed E-state index contributed by atoms with van der Waals surface area (Å²) in [4.78, 5) is 0. The molecule has 10 aliphatic rings. The molecule has 4 saturated carbocycles. The highest BCUT2D eigenvalue weighted by Crippen LogP contribution is 2.72.